The Balaban J connectivity index is 4.19. The second-order valence-electron chi connectivity index (χ2n) is 4.92. The summed E-state index contributed by atoms with van der Waals surface area (Å²) in [5.41, 5.74) is 0. The third-order valence-electron chi connectivity index (χ3n) is 3.62. The van der Waals surface area contributed by atoms with Gasteiger partial charge in [0.1, 0.15) is 0 Å². The summed E-state index contributed by atoms with van der Waals surface area (Å²) in [4.78, 5) is 1.34. The van der Waals surface area contributed by atoms with Crippen molar-refractivity contribution in [3.05, 3.63) is 11.5 Å². The second-order valence-corrected chi connectivity index (χ2v) is 6.20. The largest absolute Gasteiger partial charge is 0.323 e. The van der Waals surface area contributed by atoms with Crippen molar-refractivity contribution >= 4 is 11.8 Å². The summed E-state index contributed by atoms with van der Waals surface area (Å²) >= 11 is 1.97. The summed E-state index contributed by atoms with van der Waals surface area (Å²) in [5.74, 6) is 1.24. The van der Waals surface area contributed by atoms with E-state index in [-0.39, 0.29) is 0 Å². The standard InChI is InChI=1S/C15H32NS/c1-6-10-12-16(9-4,11-7-2)13-14-17-15(5)8-3/h5-14H2,1-4H3/q+1. The minimum Gasteiger partial charge on any atom is -0.323 e. The van der Waals surface area contributed by atoms with Crippen molar-refractivity contribution in [3.8, 4) is 0 Å². The highest BCUT2D eigenvalue weighted by Gasteiger charge is 2.23. The van der Waals surface area contributed by atoms with Gasteiger partial charge in [0, 0.05) is 5.75 Å². The fraction of sp³-hybridized carbons (Fsp3) is 0.867. The van der Waals surface area contributed by atoms with E-state index in [1.165, 1.54) is 60.6 Å². The molecule has 2 heteroatoms. The molecular formula is C15H32NS+. The zero-order chi connectivity index (χ0) is 13.1. The van der Waals surface area contributed by atoms with Crippen molar-refractivity contribution in [2.24, 2.45) is 0 Å². The molecule has 0 radical (unpaired) electrons. The third-order valence-corrected chi connectivity index (χ3v) is 4.70. The SMILES string of the molecule is C=C(CC)SCC[N+](CC)(CCC)CCCC. The summed E-state index contributed by atoms with van der Waals surface area (Å²) in [6.07, 6.45) is 5.10. The van der Waals surface area contributed by atoms with E-state index in [9.17, 15) is 0 Å². The molecule has 0 aromatic carbocycles. The Morgan fingerprint density at radius 1 is 1.00 bits per heavy atom. The van der Waals surface area contributed by atoms with Gasteiger partial charge in [-0.05, 0) is 31.1 Å². The first-order valence-electron chi connectivity index (χ1n) is 7.29. The molecule has 0 N–H and O–H groups in total. The minimum absolute atomic E-state index is 1.11. The van der Waals surface area contributed by atoms with Crippen LogP contribution in [0.25, 0.3) is 0 Å². The fourth-order valence-electron chi connectivity index (χ4n) is 2.26. The molecule has 0 aromatic rings. The Labute approximate surface area is 113 Å². The third kappa shape index (κ3) is 7.15. The first kappa shape index (κ1) is 17.1. The van der Waals surface area contributed by atoms with Crippen molar-refractivity contribution < 1.29 is 4.48 Å². The highest BCUT2D eigenvalue weighted by Crippen LogP contribution is 2.19. The molecule has 0 saturated carbocycles. The number of nitrogens with zero attached hydrogens (tertiary/aromatic N) is 1. The summed E-state index contributed by atoms with van der Waals surface area (Å²) in [5, 5.41) is 0. The molecule has 0 aliphatic rings. The molecule has 0 rings (SSSR count). The molecule has 0 amide bonds. The molecule has 0 aliphatic heterocycles. The number of rotatable bonds is 11. The molecule has 0 saturated heterocycles. The van der Waals surface area contributed by atoms with Crippen molar-refractivity contribution in [1.82, 2.24) is 0 Å². The van der Waals surface area contributed by atoms with Gasteiger partial charge in [-0.1, -0.05) is 33.8 Å². The average molecular weight is 258 g/mol. The molecule has 1 nitrogen and oxygen atoms in total. The fourth-order valence-corrected chi connectivity index (χ4v) is 3.23. The topological polar surface area (TPSA) is 0 Å². The van der Waals surface area contributed by atoms with Crippen LogP contribution in [0.5, 0.6) is 0 Å². The van der Waals surface area contributed by atoms with Crippen molar-refractivity contribution in [2.75, 3.05) is 31.9 Å². The summed E-state index contributed by atoms with van der Waals surface area (Å²) in [6.45, 7) is 18.5. The van der Waals surface area contributed by atoms with Crippen LogP contribution in [0, 0.1) is 0 Å². The van der Waals surface area contributed by atoms with Crippen molar-refractivity contribution in [1.29, 1.82) is 0 Å². The molecule has 1 unspecified atom stereocenters. The molecule has 0 aromatic heterocycles. The lowest BCUT2D eigenvalue weighted by Crippen LogP contribution is -2.50. The molecule has 0 aliphatic carbocycles. The Morgan fingerprint density at radius 3 is 2.18 bits per heavy atom. The van der Waals surface area contributed by atoms with Crippen LogP contribution in [0.15, 0.2) is 11.5 Å². The van der Waals surface area contributed by atoms with E-state index in [0.29, 0.717) is 0 Å². The zero-order valence-corrected chi connectivity index (χ0v) is 13.2. The van der Waals surface area contributed by atoms with Gasteiger partial charge in [0.05, 0.1) is 26.2 Å². The Bertz CT molecular complexity index is 203. The lowest BCUT2D eigenvalue weighted by molar-refractivity contribution is -0.924. The average Bonchev–Trinajstić information content (AvgIpc) is 2.35. The predicted octanol–water partition coefficient (Wildman–Crippen LogP) is 4.69. The zero-order valence-electron chi connectivity index (χ0n) is 12.4. The highest BCUT2D eigenvalue weighted by atomic mass is 32.2. The van der Waals surface area contributed by atoms with E-state index in [0.717, 1.165) is 6.42 Å². The van der Waals surface area contributed by atoms with Crippen LogP contribution in [0.2, 0.25) is 0 Å². The van der Waals surface area contributed by atoms with Crippen molar-refractivity contribution in [3.63, 3.8) is 0 Å². The van der Waals surface area contributed by atoms with Crippen LogP contribution in [-0.2, 0) is 0 Å². The highest BCUT2D eigenvalue weighted by molar-refractivity contribution is 8.03. The van der Waals surface area contributed by atoms with Crippen LogP contribution in [0.4, 0.5) is 0 Å². The maximum atomic E-state index is 4.08. The molecule has 0 bridgehead atoms. The molecule has 102 valence electrons. The van der Waals surface area contributed by atoms with Crippen LogP contribution in [0.1, 0.15) is 53.4 Å². The number of unbranched alkanes of at least 4 members (excludes halogenated alkanes) is 1. The summed E-state index contributed by atoms with van der Waals surface area (Å²) in [7, 11) is 0. The number of thioether (sulfide) groups is 1. The van der Waals surface area contributed by atoms with E-state index in [1.54, 1.807) is 0 Å². The number of allylic oxidation sites excluding steroid dienone is 1. The van der Waals surface area contributed by atoms with Gasteiger partial charge < -0.3 is 4.48 Å². The van der Waals surface area contributed by atoms with Crippen LogP contribution in [-0.4, -0.2) is 36.4 Å². The Hall–Kier alpha value is 0.0500. The van der Waals surface area contributed by atoms with Crippen LogP contribution < -0.4 is 0 Å². The Morgan fingerprint density at radius 2 is 1.71 bits per heavy atom. The lowest BCUT2D eigenvalue weighted by atomic mass is 10.2. The van der Waals surface area contributed by atoms with Gasteiger partial charge in [0.2, 0.25) is 0 Å². The second kappa shape index (κ2) is 10.0. The molecular weight excluding hydrogens is 226 g/mol. The van der Waals surface area contributed by atoms with Crippen LogP contribution in [0.3, 0.4) is 0 Å². The maximum Gasteiger partial charge on any atom is 0.0881 e. The monoisotopic (exact) mass is 258 g/mol. The van der Waals surface area contributed by atoms with Gasteiger partial charge in [-0.15, -0.1) is 11.8 Å². The molecule has 0 heterocycles. The lowest BCUT2D eigenvalue weighted by Gasteiger charge is -2.38. The summed E-state index contributed by atoms with van der Waals surface area (Å²) < 4.78 is 1.31. The van der Waals surface area contributed by atoms with E-state index in [4.69, 9.17) is 0 Å². The van der Waals surface area contributed by atoms with Gasteiger partial charge in [-0.25, -0.2) is 0 Å². The van der Waals surface area contributed by atoms with Gasteiger partial charge in [-0.2, -0.15) is 0 Å². The number of hydrogen-bond acceptors (Lipinski definition) is 1. The van der Waals surface area contributed by atoms with Crippen molar-refractivity contribution in [2.45, 2.75) is 53.4 Å². The first-order chi connectivity index (χ1) is 8.14. The smallest absolute Gasteiger partial charge is 0.0881 e. The van der Waals surface area contributed by atoms with Gasteiger partial charge in [0.25, 0.3) is 0 Å². The minimum atomic E-state index is 1.11. The van der Waals surface area contributed by atoms with Gasteiger partial charge in [-0.3, -0.25) is 0 Å². The van der Waals surface area contributed by atoms with E-state index >= 15 is 0 Å². The molecule has 0 fully saturated rings. The Kier molecular flexibility index (Phi) is 10.0. The quantitative estimate of drug-likeness (QED) is 0.484. The number of quaternary nitrogens is 1. The van der Waals surface area contributed by atoms with Crippen LogP contribution >= 0.6 is 11.8 Å². The van der Waals surface area contributed by atoms with E-state index < -0.39 is 0 Å². The number of hydrogen-bond donors (Lipinski definition) is 0. The van der Waals surface area contributed by atoms with Gasteiger partial charge >= 0.3 is 0 Å². The first-order valence-corrected chi connectivity index (χ1v) is 8.28. The van der Waals surface area contributed by atoms with E-state index in [2.05, 4.69) is 34.3 Å². The van der Waals surface area contributed by atoms with E-state index in [1.807, 2.05) is 11.8 Å². The molecule has 0 spiro atoms. The predicted molar refractivity (Wildman–Crippen MR) is 82.5 cm³/mol. The maximum absolute atomic E-state index is 4.08. The normalized spacial score (nSPS) is 14.6. The summed E-state index contributed by atoms with van der Waals surface area (Å²) in [6, 6.07) is 0. The molecule has 1 atom stereocenters. The van der Waals surface area contributed by atoms with Gasteiger partial charge in [0.15, 0.2) is 0 Å². The molecule has 17 heavy (non-hydrogen) atoms.